The Bertz CT molecular complexity index is 286. The molecule has 0 rings (SSSR count). The second kappa shape index (κ2) is 7.46. The predicted molar refractivity (Wildman–Crippen MR) is 69.4 cm³/mol. The molecule has 0 saturated heterocycles. The highest BCUT2D eigenvalue weighted by Crippen LogP contribution is 2.11. The van der Waals surface area contributed by atoms with Crippen LogP contribution < -0.4 is 5.32 Å². The fourth-order valence-corrected chi connectivity index (χ4v) is 1.33. The molecule has 0 fully saturated rings. The number of hydrogen-bond acceptors (Lipinski definition) is 4. The van der Waals surface area contributed by atoms with Crippen LogP contribution in [0.3, 0.4) is 0 Å². The van der Waals surface area contributed by atoms with Crippen LogP contribution in [0.4, 0.5) is 4.79 Å². The highest BCUT2D eigenvalue weighted by atomic mass is 35.5. The van der Waals surface area contributed by atoms with Crippen molar-refractivity contribution < 1.29 is 19.1 Å². The van der Waals surface area contributed by atoms with Gasteiger partial charge in [0.1, 0.15) is 5.60 Å². The van der Waals surface area contributed by atoms with Gasteiger partial charge in [0.15, 0.2) is 6.07 Å². The fraction of sp³-hybridized carbons (Fsp3) is 0.833. The Balaban J connectivity index is 4.36. The topological polar surface area (TPSA) is 64.6 Å². The number of hydrogen-bond donors (Lipinski definition) is 1. The number of esters is 1. The Kier molecular flexibility index (Phi) is 7.06. The van der Waals surface area contributed by atoms with E-state index < -0.39 is 17.7 Å². The largest absolute Gasteiger partial charge is 0.449 e. The monoisotopic (exact) mass is 279 g/mol. The number of carbonyl (C=O) groups is 2. The standard InChI is InChI=1S/C12H22ClNO4/c1-8(2)9(6-10(15)17-7-13)14-11(16)18-12(3,4)5/h8-9H,6-7H2,1-5H3,(H,14,16)/t9-/m0/s1. The van der Waals surface area contributed by atoms with E-state index in [-0.39, 0.29) is 24.4 Å². The summed E-state index contributed by atoms with van der Waals surface area (Å²) in [5.41, 5.74) is -0.567. The highest BCUT2D eigenvalue weighted by molar-refractivity contribution is 6.17. The van der Waals surface area contributed by atoms with Crippen molar-refractivity contribution in [1.29, 1.82) is 0 Å². The molecule has 18 heavy (non-hydrogen) atoms. The van der Waals surface area contributed by atoms with E-state index in [2.05, 4.69) is 10.1 Å². The lowest BCUT2D eigenvalue weighted by molar-refractivity contribution is -0.142. The van der Waals surface area contributed by atoms with Crippen molar-refractivity contribution in [1.82, 2.24) is 5.32 Å². The van der Waals surface area contributed by atoms with Crippen LogP contribution in [0.1, 0.15) is 41.0 Å². The van der Waals surface area contributed by atoms with Crippen molar-refractivity contribution in [2.75, 3.05) is 6.07 Å². The second-order valence-corrected chi connectivity index (χ2v) is 5.54. The van der Waals surface area contributed by atoms with Crippen LogP contribution in [0.5, 0.6) is 0 Å². The van der Waals surface area contributed by atoms with Crippen molar-refractivity contribution in [3.8, 4) is 0 Å². The zero-order chi connectivity index (χ0) is 14.3. The van der Waals surface area contributed by atoms with Crippen molar-refractivity contribution in [3.63, 3.8) is 0 Å². The van der Waals surface area contributed by atoms with E-state index in [1.54, 1.807) is 20.8 Å². The van der Waals surface area contributed by atoms with Gasteiger partial charge in [-0.05, 0) is 26.7 Å². The number of ether oxygens (including phenoxy) is 2. The highest BCUT2D eigenvalue weighted by Gasteiger charge is 2.23. The molecule has 0 radical (unpaired) electrons. The third-order valence-corrected chi connectivity index (χ3v) is 2.22. The molecule has 0 aliphatic heterocycles. The average Bonchev–Trinajstić information content (AvgIpc) is 2.13. The van der Waals surface area contributed by atoms with Crippen molar-refractivity contribution in [2.45, 2.75) is 52.7 Å². The van der Waals surface area contributed by atoms with Gasteiger partial charge in [-0.3, -0.25) is 4.79 Å². The van der Waals surface area contributed by atoms with E-state index in [1.807, 2.05) is 13.8 Å². The van der Waals surface area contributed by atoms with E-state index >= 15 is 0 Å². The Labute approximate surface area is 113 Å². The molecule has 0 bridgehead atoms. The molecular weight excluding hydrogens is 258 g/mol. The lowest BCUT2D eigenvalue weighted by Crippen LogP contribution is -2.43. The third kappa shape index (κ3) is 8.17. The van der Waals surface area contributed by atoms with E-state index in [0.717, 1.165) is 0 Å². The van der Waals surface area contributed by atoms with Gasteiger partial charge in [0.25, 0.3) is 0 Å². The molecule has 0 spiro atoms. The lowest BCUT2D eigenvalue weighted by Gasteiger charge is -2.25. The maximum atomic E-state index is 11.6. The van der Waals surface area contributed by atoms with Crippen LogP contribution in [-0.2, 0) is 14.3 Å². The van der Waals surface area contributed by atoms with Gasteiger partial charge in [-0.25, -0.2) is 4.79 Å². The zero-order valence-corrected chi connectivity index (χ0v) is 12.3. The molecule has 0 saturated carbocycles. The minimum atomic E-state index is -0.567. The summed E-state index contributed by atoms with van der Waals surface area (Å²) in [5.74, 6) is -0.361. The SMILES string of the molecule is CC(C)[C@H](CC(=O)OCCl)NC(=O)OC(C)(C)C. The number of nitrogens with one attached hydrogen (secondary N) is 1. The summed E-state index contributed by atoms with van der Waals surface area (Å²) in [6.07, 6.45) is -0.469. The molecule has 0 unspecified atom stereocenters. The number of carbonyl (C=O) groups excluding carboxylic acids is 2. The van der Waals surface area contributed by atoms with Crippen LogP contribution in [0.15, 0.2) is 0 Å². The van der Waals surface area contributed by atoms with Gasteiger partial charge in [-0.15, -0.1) is 0 Å². The molecule has 0 aromatic carbocycles. The lowest BCUT2D eigenvalue weighted by atomic mass is 10.0. The smallest absolute Gasteiger partial charge is 0.407 e. The molecule has 0 aromatic rings. The van der Waals surface area contributed by atoms with Crippen molar-refractivity contribution >= 4 is 23.7 Å². The predicted octanol–water partition coefficient (Wildman–Crippen LogP) is 2.67. The maximum absolute atomic E-state index is 11.6. The third-order valence-electron chi connectivity index (χ3n) is 2.11. The molecule has 1 N–H and O–H groups in total. The summed E-state index contributed by atoms with van der Waals surface area (Å²) in [7, 11) is 0. The zero-order valence-electron chi connectivity index (χ0n) is 11.6. The number of alkyl carbamates (subject to hydrolysis) is 1. The second-order valence-electron chi connectivity index (χ2n) is 5.33. The van der Waals surface area contributed by atoms with Gasteiger partial charge in [-0.1, -0.05) is 25.4 Å². The van der Waals surface area contributed by atoms with Crippen LogP contribution >= 0.6 is 11.6 Å². The van der Waals surface area contributed by atoms with Gasteiger partial charge < -0.3 is 14.8 Å². The maximum Gasteiger partial charge on any atom is 0.407 e. The first-order valence-corrected chi connectivity index (χ1v) is 6.40. The molecule has 5 nitrogen and oxygen atoms in total. The van der Waals surface area contributed by atoms with Crippen LogP contribution in [0, 0.1) is 5.92 Å². The molecular formula is C12H22ClNO4. The van der Waals surface area contributed by atoms with E-state index in [1.165, 1.54) is 0 Å². The van der Waals surface area contributed by atoms with Crippen LogP contribution in [0.2, 0.25) is 0 Å². The minimum absolute atomic E-state index is 0.0730. The average molecular weight is 280 g/mol. The van der Waals surface area contributed by atoms with Gasteiger partial charge in [0.05, 0.1) is 6.42 Å². The van der Waals surface area contributed by atoms with E-state index in [9.17, 15) is 9.59 Å². The number of rotatable bonds is 5. The first-order valence-electron chi connectivity index (χ1n) is 5.87. The van der Waals surface area contributed by atoms with E-state index in [4.69, 9.17) is 16.3 Å². The Morgan fingerprint density at radius 1 is 1.28 bits per heavy atom. The normalized spacial score (nSPS) is 13.1. The Morgan fingerprint density at radius 2 is 1.83 bits per heavy atom. The molecule has 0 aliphatic rings. The Morgan fingerprint density at radius 3 is 2.22 bits per heavy atom. The van der Waals surface area contributed by atoms with Gasteiger partial charge >= 0.3 is 12.1 Å². The summed E-state index contributed by atoms with van der Waals surface area (Å²) in [6.45, 7) is 9.13. The summed E-state index contributed by atoms with van der Waals surface area (Å²) in [5, 5.41) is 2.66. The first-order chi connectivity index (χ1) is 8.15. The summed E-state index contributed by atoms with van der Waals surface area (Å²) in [4.78, 5) is 22.9. The summed E-state index contributed by atoms with van der Waals surface area (Å²) < 4.78 is 9.77. The van der Waals surface area contributed by atoms with Crippen LogP contribution in [0.25, 0.3) is 0 Å². The summed E-state index contributed by atoms with van der Waals surface area (Å²) in [6, 6.07) is -0.522. The quantitative estimate of drug-likeness (QED) is 0.621. The van der Waals surface area contributed by atoms with Crippen LogP contribution in [-0.4, -0.2) is 29.8 Å². The molecule has 1 amide bonds. The minimum Gasteiger partial charge on any atom is -0.449 e. The summed E-state index contributed by atoms with van der Waals surface area (Å²) >= 11 is 5.30. The molecule has 1 atom stereocenters. The fourth-order valence-electron chi connectivity index (χ4n) is 1.21. The number of halogens is 1. The molecule has 0 aliphatic carbocycles. The van der Waals surface area contributed by atoms with Gasteiger partial charge in [-0.2, -0.15) is 0 Å². The number of alkyl halides is 1. The van der Waals surface area contributed by atoms with Gasteiger partial charge in [0.2, 0.25) is 0 Å². The Hall–Kier alpha value is -0.970. The van der Waals surface area contributed by atoms with Gasteiger partial charge in [0, 0.05) is 6.04 Å². The van der Waals surface area contributed by atoms with Crippen molar-refractivity contribution in [3.05, 3.63) is 0 Å². The first kappa shape index (κ1) is 17.0. The molecule has 0 aromatic heterocycles. The van der Waals surface area contributed by atoms with Crippen molar-refractivity contribution in [2.24, 2.45) is 5.92 Å². The van der Waals surface area contributed by atoms with E-state index in [0.29, 0.717) is 0 Å². The molecule has 6 heteroatoms. The number of amides is 1. The molecule has 106 valence electrons. The molecule has 0 heterocycles.